The van der Waals surface area contributed by atoms with Gasteiger partial charge in [0.2, 0.25) is 0 Å². The minimum absolute atomic E-state index is 0.244. The van der Waals surface area contributed by atoms with Crippen molar-refractivity contribution < 1.29 is 14.6 Å². The highest BCUT2D eigenvalue weighted by Crippen LogP contribution is 2.39. The van der Waals surface area contributed by atoms with E-state index in [1.165, 1.54) is 12.8 Å². The Morgan fingerprint density at radius 2 is 1.58 bits per heavy atom. The summed E-state index contributed by atoms with van der Waals surface area (Å²) in [6.45, 7) is 4.64. The molecule has 0 amide bonds. The fourth-order valence-corrected chi connectivity index (χ4v) is 4.59. The van der Waals surface area contributed by atoms with Crippen molar-refractivity contribution in [1.29, 1.82) is 0 Å². The summed E-state index contributed by atoms with van der Waals surface area (Å²) in [5, 5.41) is 10.9. The van der Waals surface area contributed by atoms with Gasteiger partial charge in [0.15, 0.2) is 5.79 Å². The zero-order valence-corrected chi connectivity index (χ0v) is 14.5. The van der Waals surface area contributed by atoms with Crippen LogP contribution in [-0.4, -0.2) is 48.6 Å². The van der Waals surface area contributed by atoms with Crippen molar-refractivity contribution in [3.8, 4) is 0 Å². The van der Waals surface area contributed by atoms with E-state index in [9.17, 15) is 5.11 Å². The van der Waals surface area contributed by atoms with Gasteiger partial charge in [0.1, 0.15) is 0 Å². The molecule has 1 spiro atoms. The summed E-state index contributed by atoms with van der Waals surface area (Å²) in [7, 11) is 0. The lowest BCUT2D eigenvalue weighted by atomic mass is 9.82. The first-order chi connectivity index (χ1) is 11.7. The Morgan fingerprint density at radius 3 is 2.21 bits per heavy atom. The highest BCUT2D eigenvalue weighted by Gasteiger charge is 2.41. The van der Waals surface area contributed by atoms with Crippen molar-refractivity contribution in [3.63, 3.8) is 0 Å². The second kappa shape index (κ2) is 6.75. The van der Waals surface area contributed by atoms with E-state index in [1.54, 1.807) is 0 Å². The summed E-state index contributed by atoms with van der Waals surface area (Å²) in [5.74, 6) is 0.498. The molecule has 1 aromatic rings. The zero-order valence-electron chi connectivity index (χ0n) is 14.5. The van der Waals surface area contributed by atoms with Gasteiger partial charge in [-0.3, -0.25) is 0 Å². The lowest BCUT2D eigenvalue weighted by Crippen LogP contribution is -2.45. The molecule has 0 aromatic heterocycles. The van der Waals surface area contributed by atoms with Gasteiger partial charge < -0.3 is 19.5 Å². The van der Waals surface area contributed by atoms with Crippen LogP contribution in [0.25, 0.3) is 0 Å². The number of rotatable bonds is 3. The van der Waals surface area contributed by atoms with E-state index in [4.69, 9.17) is 9.47 Å². The number of ether oxygens (including phenoxy) is 2. The number of aliphatic hydroxyl groups is 1. The number of hydrogen-bond acceptors (Lipinski definition) is 4. The van der Waals surface area contributed by atoms with Gasteiger partial charge in [0.25, 0.3) is 0 Å². The zero-order chi connectivity index (χ0) is 16.5. The molecule has 2 heterocycles. The van der Waals surface area contributed by atoms with Gasteiger partial charge in [-0.15, -0.1) is 0 Å². The minimum Gasteiger partial charge on any atom is -0.385 e. The molecule has 1 aliphatic carbocycles. The van der Waals surface area contributed by atoms with Crippen LogP contribution in [-0.2, 0) is 15.1 Å². The Labute approximate surface area is 144 Å². The van der Waals surface area contributed by atoms with Gasteiger partial charge in [-0.25, -0.2) is 0 Å². The number of hydrogen-bond donors (Lipinski definition) is 1. The van der Waals surface area contributed by atoms with Crippen LogP contribution >= 0.6 is 0 Å². The van der Waals surface area contributed by atoms with Crippen LogP contribution in [0.1, 0.15) is 44.1 Å². The molecule has 132 valence electrons. The van der Waals surface area contributed by atoms with Crippen LogP contribution in [0, 0.1) is 5.92 Å². The van der Waals surface area contributed by atoms with E-state index >= 15 is 0 Å². The second-order valence-electron chi connectivity index (χ2n) is 7.75. The summed E-state index contributed by atoms with van der Waals surface area (Å²) in [4.78, 5) is 2.54. The third kappa shape index (κ3) is 3.38. The van der Waals surface area contributed by atoms with E-state index in [0.29, 0.717) is 0 Å². The van der Waals surface area contributed by atoms with Gasteiger partial charge in [-0.05, 0) is 37.2 Å². The predicted octanol–water partition coefficient (Wildman–Crippen LogP) is 2.90. The van der Waals surface area contributed by atoms with E-state index in [2.05, 4.69) is 17.0 Å². The Hall–Kier alpha value is -0.940. The Morgan fingerprint density at radius 1 is 0.958 bits per heavy atom. The van der Waals surface area contributed by atoms with Gasteiger partial charge in [0, 0.05) is 32.5 Å². The van der Waals surface area contributed by atoms with Crippen molar-refractivity contribution in [1.82, 2.24) is 4.90 Å². The van der Waals surface area contributed by atoms with Crippen molar-refractivity contribution >= 4 is 0 Å². The van der Waals surface area contributed by atoms with Gasteiger partial charge in [-0.2, -0.15) is 0 Å². The Bertz CT molecular complexity index is 523. The van der Waals surface area contributed by atoms with Gasteiger partial charge in [-0.1, -0.05) is 30.3 Å². The number of nitrogens with zero attached hydrogens (tertiary/aromatic N) is 1. The van der Waals surface area contributed by atoms with Gasteiger partial charge >= 0.3 is 0 Å². The highest BCUT2D eigenvalue weighted by atomic mass is 16.7. The van der Waals surface area contributed by atoms with Crippen molar-refractivity contribution in [3.05, 3.63) is 35.9 Å². The normalized spacial score (nSPS) is 27.5. The molecule has 4 nitrogen and oxygen atoms in total. The summed E-state index contributed by atoms with van der Waals surface area (Å²) in [6.07, 6.45) is 6.14. The van der Waals surface area contributed by atoms with Crippen LogP contribution in [0.3, 0.4) is 0 Å². The molecule has 4 rings (SSSR count). The van der Waals surface area contributed by atoms with Crippen molar-refractivity contribution in [2.45, 2.75) is 49.9 Å². The molecule has 3 fully saturated rings. The van der Waals surface area contributed by atoms with Crippen molar-refractivity contribution in [2.24, 2.45) is 5.92 Å². The highest BCUT2D eigenvalue weighted by molar-refractivity contribution is 5.22. The van der Waals surface area contributed by atoms with Crippen LogP contribution in [0.15, 0.2) is 30.3 Å². The van der Waals surface area contributed by atoms with Crippen LogP contribution in [0.5, 0.6) is 0 Å². The maximum absolute atomic E-state index is 10.9. The average molecular weight is 331 g/mol. The maximum Gasteiger partial charge on any atom is 0.168 e. The molecule has 0 atom stereocenters. The van der Waals surface area contributed by atoms with E-state index in [0.717, 1.165) is 70.0 Å². The average Bonchev–Trinajstić information content (AvgIpc) is 3.08. The van der Waals surface area contributed by atoms with E-state index in [-0.39, 0.29) is 5.79 Å². The lowest BCUT2D eigenvalue weighted by molar-refractivity contribution is -0.183. The minimum atomic E-state index is -0.639. The summed E-state index contributed by atoms with van der Waals surface area (Å²) < 4.78 is 11.7. The number of benzene rings is 1. The van der Waals surface area contributed by atoms with Crippen molar-refractivity contribution in [2.75, 3.05) is 32.8 Å². The molecule has 3 aliphatic rings. The summed E-state index contributed by atoms with van der Waals surface area (Å²) in [6, 6.07) is 10.2. The van der Waals surface area contributed by atoms with Crippen LogP contribution in [0.4, 0.5) is 0 Å². The topological polar surface area (TPSA) is 41.9 Å². The standard InChI is InChI=1S/C20H29NO3/c22-19(18-4-2-1-3-5-18)10-12-21(13-11-19)16-17-6-8-20(9-7-17)23-14-15-24-20/h1-5,17,22H,6-16H2. The first kappa shape index (κ1) is 16.5. The lowest BCUT2D eigenvalue weighted by Gasteiger charge is -2.41. The third-order valence-electron chi connectivity index (χ3n) is 6.19. The molecule has 24 heavy (non-hydrogen) atoms. The molecular weight excluding hydrogens is 302 g/mol. The summed E-state index contributed by atoms with van der Waals surface area (Å²) >= 11 is 0. The third-order valence-corrected chi connectivity index (χ3v) is 6.19. The molecule has 0 bridgehead atoms. The molecule has 0 unspecified atom stereocenters. The van der Waals surface area contributed by atoms with E-state index < -0.39 is 5.60 Å². The molecular formula is C20H29NO3. The molecule has 0 radical (unpaired) electrons. The molecule has 4 heteroatoms. The van der Waals surface area contributed by atoms with Crippen LogP contribution in [0.2, 0.25) is 0 Å². The first-order valence-electron chi connectivity index (χ1n) is 9.46. The molecule has 2 saturated heterocycles. The Balaban J connectivity index is 1.27. The summed E-state index contributed by atoms with van der Waals surface area (Å²) in [5.41, 5.74) is 0.430. The number of piperidine rings is 1. The fraction of sp³-hybridized carbons (Fsp3) is 0.700. The largest absolute Gasteiger partial charge is 0.385 e. The molecule has 1 N–H and O–H groups in total. The van der Waals surface area contributed by atoms with Crippen LogP contribution < -0.4 is 0 Å². The first-order valence-corrected chi connectivity index (χ1v) is 9.46. The molecule has 1 saturated carbocycles. The predicted molar refractivity (Wildman–Crippen MR) is 92.6 cm³/mol. The quantitative estimate of drug-likeness (QED) is 0.925. The maximum atomic E-state index is 10.9. The molecule has 1 aromatic carbocycles. The fourth-order valence-electron chi connectivity index (χ4n) is 4.59. The SMILES string of the molecule is OC1(c2ccccc2)CCN(CC2CCC3(CC2)OCCO3)CC1. The van der Waals surface area contributed by atoms with E-state index in [1.807, 2.05) is 18.2 Å². The Kier molecular flexibility index (Phi) is 4.65. The smallest absolute Gasteiger partial charge is 0.168 e. The van der Waals surface area contributed by atoms with Gasteiger partial charge in [0.05, 0.1) is 18.8 Å². The number of likely N-dealkylation sites (tertiary alicyclic amines) is 1. The molecule has 2 aliphatic heterocycles. The second-order valence-corrected chi connectivity index (χ2v) is 7.75. The monoisotopic (exact) mass is 331 g/mol.